The van der Waals surface area contributed by atoms with Gasteiger partial charge in [-0.25, -0.2) is 23.4 Å². The van der Waals surface area contributed by atoms with E-state index in [1.807, 2.05) is 24.3 Å². The highest BCUT2D eigenvalue weighted by atomic mass is 79.9. The Labute approximate surface area is 206 Å². The van der Waals surface area contributed by atoms with Crippen molar-refractivity contribution >= 4 is 33.2 Å². The van der Waals surface area contributed by atoms with E-state index in [4.69, 9.17) is 0 Å². The third-order valence-corrected chi connectivity index (χ3v) is 7.16. The second-order valence-corrected chi connectivity index (χ2v) is 9.69. The smallest absolute Gasteiger partial charge is 0.263 e. The molecule has 2 atom stereocenters. The molecule has 7 nitrogen and oxygen atoms in total. The van der Waals surface area contributed by atoms with Gasteiger partial charge in [-0.15, -0.1) is 11.3 Å². The van der Waals surface area contributed by atoms with Gasteiger partial charge >= 0.3 is 0 Å². The number of nitrogens with one attached hydrogen (secondary N) is 1. The van der Waals surface area contributed by atoms with Gasteiger partial charge in [0.2, 0.25) is 0 Å². The van der Waals surface area contributed by atoms with Gasteiger partial charge in [0, 0.05) is 21.7 Å². The molecule has 2 aromatic heterocycles. The van der Waals surface area contributed by atoms with Gasteiger partial charge in [-0.3, -0.25) is 4.79 Å². The van der Waals surface area contributed by atoms with Gasteiger partial charge in [-0.2, -0.15) is 5.10 Å². The van der Waals surface area contributed by atoms with Crippen LogP contribution in [-0.2, 0) is 12.1 Å². The third kappa shape index (κ3) is 4.91. The van der Waals surface area contributed by atoms with Crippen LogP contribution in [0, 0.1) is 18.6 Å². The van der Waals surface area contributed by atoms with Crippen molar-refractivity contribution in [3.05, 3.63) is 87.4 Å². The van der Waals surface area contributed by atoms with Gasteiger partial charge in [0.05, 0.1) is 18.3 Å². The zero-order valence-corrected chi connectivity index (χ0v) is 20.6. The molecule has 34 heavy (non-hydrogen) atoms. The Morgan fingerprint density at radius 2 is 2.00 bits per heavy atom. The number of amides is 1. The molecule has 0 saturated heterocycles. The molecular weight excluding hydrogens is 528 g/mol. The molecule has 2 heterocycles. The van der Waals surface area contributed by atoms with E-state index >= 15 is 0 Å². The first kappa shape index (κ1) is 24.1. The molecule has 176 valence electrons. The number of aromatic nitrogens is 4. The Morgan fingerprint density at radius 1 is 1.26 bits per heavy atom. The summed E-state index contributed by atoms with van der Waals surface area (Å²) in [5.74, 6) is -2.18. The van der Waals surface area contributed by atoms with Gasteiger partial charge in [0.25, 0.3) is 5.91 Å². The third-order valence-electron chi connectivity index (χ3n) is 5.43. The number of aryl methyl sites for hydroxylation is 1. The van der Waals surface area contributed by atoms with Gasteiger partial charge < -0.3 is 10.4 Å². The van der Waals surface area contributed by atoms with Crippen molar-refractivity contribution in [2.45, 2.75) is 32.0 Å². The fourth-order valence-electron chi connectivity index (χ4n) is 3.56. The second kappa shape index (κ2) is 9.69. The van der Waals surface area contributed by atoms with Gasteiger partial charge in [0.15, 0.2) is 0 Å². The molecule has 0 aliphatic carbocycles. The molecule has 0 bridgehead atoms. The summed E-state index contributed by atoms with van der Waals surface area (Å²) >= 11 is 4.61. The first-order valence-electron chi connectivity index (χ1n) is 10.2. The number of carbonyl (C=O) groups is 1. The minimum absolute atomic E-state index is 0.172. The maximum Gasteiger partial charge on any atom is 0.263 e. The van der Waals surface area contributed by atoms with Crippen LogP contribution >= 0.6 is 27.3 Å². The summed E-state index contributed by atoms with van der Waals surface area (Å²) in [6, 6.07) is 9.47. The lowest BCUT2D eigenvalue weighted by molar-refractivity contribution is -0.0185. The number of benzene rings is 2. The van der Waals surface area contributed by atoms with E-state index < -0.39 is 29.2 Å². The molecule has 1 amide bonds. The summed E-state index contributed by atoms with van der Waals surface area (Å²) in [5, 5.41) is 19.0. The Morgan fingerprint density at radius 3 is 2.65 bits per heavy atom. The predicted molar refractivity (Wildman–Crippen MR) is 127 cm³/mol. The number of aliphatic hydroxyl groups is 1. The zero-order valence-electron chi connectivity index (χ0n) is 18.2. The number of rotatable bonds is 7. The lowest BCUT2D eigenvalue weighted by Crippen LogP contribution is -2.51. The Bertz CT molecular complexity index is 1310. The van der Waals surface area contributed by atoms with E-state index in [1.54, 1.807) is 13.8 Å². The Hall–Kier alpha value is -3.02. The molecule has 4 aromatic rings. The number of halogens is 3. The molecule has 2 unspecified atom stereocenters. The normalized spacial score (nSPS) is 13.9. The second-order valence-electron chi connectivity index (χ2n) is 7.78. The monoisotopic (exact) mass is 547 g/mol. The number of thiazole rings is 1. The number of carbonyl (C=O) groups excluding carboxylic acids is 1. The summed E-state index contributed by atoms with van der Waals surface area (Å²) in [6.45, 7) is 3.05. The highest BCUT2D eigenvalue weighted by Gasteiger charge is 2.40. The summed E-state index contributed by atoms with van der Waals surface area (Å²) < 4.78 is 30.5. The van der Waals surface area contributed by atoms with Crippen molar-refractivity contribution in [1.29, 1.82) is 0 Å². The van der Waals surface area contributed by atoms with Crippen LogP contribution in [0.2, 0.25) is 0 Å². The molecular formula is C23H20BrF2N5O2S. The summed E-state index contributed by atoms with van der Waals surface area (Å²) in [4.78, 5) is 21.9. The molecule has 0 aliphatic rings. The van der Waals surface area contributed by atoms with Crippen molar-refractivity contribution in [3.8, 4) is 10.6 Å². The Balaban J connectivity index is 1.63. The van der Waals surface area contributed by atoms with Crippen LogP contribution in [0.5, 0.6) is 0 Å². The fourth-order valence-corrected chi connectivity index (χ4v) is 4.80. The standard InChI is InChI=1S/C23H20BrF2N5O2S/c1-13-20(34-22(29-13)15-3-5-16(24)6-4-15)21(32)30-14(2)23(33,10-31-12-27-11-28-31)18-8-7-17(25)9-19(18)26/h3-9,11-12,14,33H,10H2,1-2H3,(H,30,32). The molecule has 0 radical (unpaired) electrons. The molecule has 0 spiro atoms. The Kier molecular flexibility index (Phi) is 6.87. The molecule has 0 saturated carbocycles. The molecule has 2 N–H and O–H groups in total. The largest absolute Gasteiger partial charge is 0.381 e. The van der Waals surface area contributed by atoms with Gasteiger partial charge in [-0.05, 0) is 32.0 Å². The predicted octanol–water partition coefficient (Wildman–Crippen LogP) is 4.46. The SMILES string of the molecule is Cc1nc(-c2ccc(Br)cc2)sc1C(=O)NC(C)C(O)(Cn1cncn1)c1ccc(F)cc1F. The van der Waals surface area contributed by atoms with E-state index in [9.17, 15) is 18.7 Å². The van der Waals surface area contributed by atoms with Gasteiger partial charge in [-0.1, -0.05) is 34.1 Å². The minimum atomic E-state index is -1.95. The topological polar surface area (TPSA) is 92.9 Å². The summed E-state index contributed by atoms with van der Waals surface area (Å²) in [6.07, 6.45) is 2.63. The van der Waals surface area contributed by atoms with Gasteiger partial charge in [0.1, 0.15) is 39.8 Å². The lowest BCUT2D eigenvalue weighted by atomic mass is 9.86. The van der Waals surface area contributed by atoms with E-state index in [0.29, 0.717) is 21.6 Å². The van der Waals surface area contributed by atoms with Crippen LogP contribution < -0.4 is 5.32 Å². The van der Waals surface area contributed by atoms with E-state index in [0.717, 1.165) is 22.2 Å². The zero-order chi connectivity index (χ0) is 24.5. The molecule has 2 aromatic carbocycles. The van der Waals surface area contributed by atoms with Crippen LogP contribution in [0.4, 0.5) is 8.78 Å². The van der Waals surface area contributed by atoms with Crippen LogP contribution in [0.25, 0.3) is 10.6 Å². The molecule has 0 fully saturated rings. The van der Waals surface area contributed by atoms with Crippen molar-refractivity contribution in [2.24, 2.45) is 0 Å². The highest BCUT2D eigenvalue weighted by Crippen LogP contribution is 2.32. The van der Waals surface area contributed by atoms with Crippen molar-refractivity contribution < 1.29 is 18.7 Å². The van der Waals surface area contributed by atoms with Crippen LogP contribution in [-0.4, -0.2) is 36.8 Å². The minimum Gasteiger partial charge on any atom is -0.381 e. The van der Waals surface area contributed by atoms with E-state index in [2.05, 4.69) is 36.3 Å². The highest BCUT2D eigenvalue weighted by molar-refractivity contribution is 9.10. The maximum atomic E-state index is 14.7. The number of nitrogens with zero attached hydrogens (tertiary/aromatic N) is 4. The lowest BCUT2D eigenvalue weighted by Gasteiger charge is -2.35. The summed E-state index contributed by atoms with van der Waals surface area (Å²) in [7, 11) is 0. The number of hydrogen-bond donors (Lipinski definition) is 2. The average Bonchev–Trinajstić information content (AvgIpc) is 3.43. The fraction of sp³-hybridized carbons (Fsp3) is 0.217. The van der Waals surface area contributed by atoms with Crippen LogP contribution in [0.1, 0.15) is 27.9 Å². The van der Waals surface area contributed by atoms with Crippen molar-refractivity contribution in [3.63, 3.8) is 0 Å². The number of hydrogen-bond acceptors (Lipinski definition) is 6. The van der Waals surface area contributed by atoms with Crippen molar-refractivity contribution in [2.75, 3.05) is 0 Å². The first-order chi connectivity index (χ1) is 16.2. The summed E-state index contributed by atoms with van der Waals surface area (Å²) in [5.41, 5.74) is -0.734. The van der Waals surface area contributed by atoms with Crippen LogP contribution in [0.3, 0.4) is 0 Å². The van der Waals surface area contributed by atoms with E-state index in [-0.39, 0.29) is 12.1 Å². The maximum absolute atomic E-state index is 14.7. The molecule has 0 aliphatic heterocycles. The average molecular weight is 548 g/mol. The first-order valence-corrected chi connectivity index (χ1v) is 11.8. The van der Waals surface area contributed by atoms with E-state index in [1.165, 1.54) is 28.7 Å². The quantitative estimate of drug-likeness (QED) is 0.356. The van der Waals surface area contributed by atoms with Crippen molar-refractivity contribution in [1.82, 2.24) is 25.1 Å². The molecule has 11 heteroatoms. The van der Waals surface area contributed by atoms with Crippen LogP contribution in [0.15, 0.2) is 59.6 Å². The molecule has 4 rings (SSSR count).